The molecule has 1 N–H and O–H groups in total. The quantitative estimate of drug-likeness (QED) is 0.859. The Balaban J connectivity index is 1.58. The zero-order chi connectivity index (χ0) is 11.9. The van der Waals surface area contributed by atoms with Crippen LogP contribution in [0.4, 0.5) is 0 Å². The molecule has 0 amide bonds. The molecule has 1 aromatic rings. The van der Waals surface area contributed by atoms with Crippen molar-refractivity contribution in [1.82, 2.24) is 5.32 Å². The van der Waals surface area contributed by atoms with Crippen LogP contribution in [0.3, 0.4) is 0 Å². The molecular formula is C16H21NO. The van der Waals surface area contributed by atoms with Gasteiger partial charge in [-0.25, -0.2) is 0 Å². The molecule has 1 aliphatic heterocycles. The van der Waals surface area contributed by atoms with E-state index in [-0.39, 0.29) is 0 Å². The van der Waals surface area contributed by atoms with Crippen molar-refractivity contribution in [3.63, 3.8) is 0 Å². The minimum Gasteiger partial charge on any atom is -0.378 e. The lowest BCUT2D eigenvalue weighted by atomic mass is 9.94. The van der Waals surface area contributed by atoms with Gasteiger partial charge in [-0.1, -0.05) is 24.3 Å². The molecule has 0 radical (unpaired) electrons. The summed E-state index contributed by atoms with van der Waals surface area (Å²) in [5, 5.41) is 3.87. The van der Waals surface area contributed by atoms with Gasteiger partial charge in [0.1, 0.15) is 0 Å². The topological polar surface area (TPSA) is 21.3 Å². The van der Waals surface area contributed by atoms with E-state index in [0.29, 0.717) is 6.04 Å². The first-order chi connectivity index (χ1) is 8.90. The van der Waals surface area contributed by atoms with Gasteiger partial charge in [-0.3, -0.25) is 0 Å². The van der Waals surface area contributed by atoms with Gasteiger partial charge in [-0.2, -0.15) is 0 Å². The van der Waals surface area contributed by atoms with Gasteiger partial charge in [0.25, 0.3) is 0 Å². The van der Waals surface area contributed by atoms with Gasteiger partial charge >= 0.3 is 0 Å². The second-order valence-corrected chi connectivity index (χ2v) is 6.20. The zero-order valence-corrected chi connectivity index (χ0v) is 10.8. The number of nitrogens with one attached hydrogen (secondary N) is 1. The van der Waals surface area contributed by atoms with Crippen LogP contribution in [-0.2, 0) is 17.6 Å². The van der Waals surface area contributed by atoms with Gasteiger partial charge in [0.15, 0.2) is 0 Å². The molecular weight excluding hydrogens is 222 g/mol. The van der Waals surface area contributed by atoms with Crippen LogP contribution >= 0.6 is 0 Å². The van der Waals surface area contributed by atoms with E-state index in [1.165, 1.54) is 25.7 Å². The molecule has 3 aliphatic rings. The Kier molecular flexibility index (Phi) is 2.66. The van der Waals surface area contributed by atoms with Gasteiger partial charge < -0.3 is 10.1 Å². The summed E-state index contributed by atoms with van der Waals surface area (Å²) in [6.07, 6.45) is 5.37. The maximum atomic E-state index is 5.30. The maximum absolute atomic E-state index is 5.30. The van der Waals surface area contributed by atoms with E-state index < -0.39 is 0 Å². The molecule has 2 heteroatoms. The lowest BCUT2D eigenvalue weighted by molar-refractivity contribution is -0.0143. The summed E-state index contributed by atoms with van der Waals surface area (Å²) >= 11 is 0. The maximum Gasteiger partial charge on any atom is 0.0643 e. The van der Waals surface area contributed by atoms with Gasteiger partial charge in [-0.15, -0.1) is 0 Å². The van der Waals surface area contributed by atoms with Gasteiger partial charge in [0.05, 0.1) is 19.3 Å². The predicted octanol–water partition coefficient (Wildman–Crippen LogP) is 2.17. The van der Waals surface area contributed by atoms with Crippen molar-refractivity contribution in [1.29, 1.82) is 0 Å². The van der Waals surface area contributed by atoms with Crippen LogP contribution in [0.2, 0.25) is 0 Å². The van der Waals surface area contributed by atoms with E-state index in [0.717, 1.165) is 31.1 Å². The SMILES string of the molecule is c1ccc2c(c1)CC1CCC(C2)C1NC1COC1. The molecule has 0 spiro atoms. The molecule has 2 aliphatic carbocycles. The molecule has 2 atom stereocenters. The Labute approximate surface area is 109 Å². The number of ether oxygens (including phenoxy) is 1. The zero-order valence-electron chi connectivity index (χ0n) is 10.8. The number of benzene rings is 1. The van der Waals surface area contributed by atoms with Gasteiger partial charge in [0, 0.05) is 6.04 Å². The minimum absolute atomic E-state index is 0.624. The lowest BCUT2D eigenvalue weighted by Crippen LogP contribution is -2.53. The highest BCUT2D eigenvalue weighted by molar-refractivity contribution is 5.30. The molecule has 18 heavy (non-hydrogen) atoms. The van der Waals surface area contributed by atoms with Crippen LogP contribution in [0.25, 0.3) is 0 Å². The van der Waals surface area contributed by atoms with Crippen molar-refractivity contribution >= 4 is 0 Å². The van der Waals surface area contributed by atoms with Crippen LogP contribution in [0.15, 0.2) is 24.3 Å². The van der Waals surface area contributed by atoms with Gasteiger partial charge in [-0.05, 0) is 48.6 Å². The number of hydrogen-bond acceptors (Lipinski definition) is 2. The first-order valence-electron chi connectivity index (χ1n) is 7.31. The molecule has 2 nitrogen and oxygen atoms in total. The third-order valence-electron chi connectivity index (χ3n) is 5.07. The molecule has 1 saturated carbocycles. The molecule has 96 valence electrons. The Morgan fingerprint density at radius 1 is 0.944 bits per heavy atom. The largest absolute Gasteiger partial charge is 0.378 e. The molecule has 4 rings (SSSR count). The first-order valence-corrected chi connectivity index (χ1v) is 7.31. The van der Waals surface area contributed by atoms with Gasteiger partial charge in [0.2, 0.25) is 0 Å². The second-order valence-electron chi connectivity index (χ2n) is 6.20. The van der Waals surface area contributed by atoms with Crippen LogP contribution in [0.5, 0.6) is 0 Å². The second kappa shape index (κ2) is 4.36. The summed E-state index contributed by atoms with van der Waals surface area (Å²) in [7, 11) is 0. The summed E-state index contributed by atoms with van der Waals surface area (Å²) in [5.41, 5.74) is 3.20. The molecule has 2 bridgehead atoms. The van der Waals surface area contributed by atoms with Crippen LogP contribution in [0.1, 0.15) is 24.0 Å². The number of hydrogen-bond donors (Lipinski definition) is 1. The van der Waals surface area contributed by atoms with Crippen molar-refractivity contribution in [3.05, 3.63) is 35.4 Å². The van der Waals surface area contributed by atoms with E-state index in [9.17, 15) is 0 Å². The third-order valence-corrected chi connectivity index (χ3v) is 5.07. The Hall–Kier alpha value is -0.860. The van der Waals surface area contributed by atoms with E-state index in [2.05, 4.69) is 29.6 Å². The molecule has 1 aromatic carbocycles. The van der Waals surface area contributed by atoms with Crippen LogP contribution < -0.4 is 5.32 Å². The van der Waals surface area contributed by atoms with Crippen molar-refractivity contribution < 1.29 is 4.74 Å². The van der Waals surface area contributed by atoms with Crippen LogP contribution in [-0.4, -0.2) is 25.3 Å². The normalized spacial score (nSPS) is 34.8. The summed E-state index contributed by atoms with van der Waals surface area (Å²) < 4.78 is 5.30. The summed E-state index contributed by atoms with van der Waals surface area (Å²) in [6, 6.07) is 10.4. The summed E-state index contributed by atoms with van der Waals surface area (Å²) in [4.78, 5) is 0. The van der Waals surface area contributed by atoms with Crippen molar-refractivity contribution in [2.45, 2.75) is 37.8 Å². The van der Waals surface area contributed by atoms with Crippen molar-refractivity contribution in [2.75, 3.05) is 13.2 Å². The molecule has 1 heterocycles. The molecule has 1 saturated heterocycles. The molecule has 2 fully saturated rings. The fourth-order valence-electron chi connectivity index (χ4n) is 4.03. The van der Waals surface area contributed by atoms with E-state index in [4.69, 9.17) is 4.74 Å². The molecule has 2 unspecified atom stereocenters. The standard InChI is InChI=1S/C16H21NO/c1-2-4-12-8-14-6-5-13(7-11(12)3-1)16(14)17-15-9-18-10-15/h1-4,13-17H,5-10H2. The van der Waals surface area contributed by atoms with Crippen molar-refractivity contribution in [2.24, 2.45) is 11.8 Å². The van der Waals surface area contributed by atoms with E-state index in [1.807, 2.05) is 0 Å². The van der Waals surface area contributed by atoms with Crippen molar-refractivity contribution in [3.8, 4) is 0 Å². The fourth-order valence-corrected chi connectivity index (χ4v) is 4.03. The number of rotatable bonds is 2. The van der Waals surface area contributed by atoms with Crippen LogP contribution in [0, 0.1) is 11.8 Å². The fraction of sp³-hybridized carbons (Fsp3) is 0.625. The highest BCUT2D eigenvalue weighted by Gasteiger charge is 2.40. The smallest absolute Gasteiger partial charge is 0.0643 e. The Bertz CT molecular complexity index is 407. The Morgan fingerprint density at radius 3 is 2.06 bits per heavy atom. The average Bonchev–Trinajstić information content (AvgIpc) is 2.59. The summed E-state index contributed by atoms with van der Waals surface area (Å²) in [5.74, 6) is 1.69. The first kappa shape index (κ1) is 11.0. The van der Waals surface area contributed by atoms with E-state index in [1.54, 1.807) is 11.1 Å². The highest BCUT2D eigenvalue weighted by Crippen LogP contribution is 2.40. The third kappa shape index (κ3) is 1.79. The molecule has 0 aromatic heterocycles. The lowest BCUT2D eigenvalue weighted by Gasteiger charge is -2.34. The minimum atomic E-state index is 0.624. The predicted molar refractivity (Wildman–Crippen MR) is 71.6 cm³/mol. The van der Waals surface area contributed by atoms with E-state index >= 15 is 0 Å². The highest BCUT2D eigenvalue weighted by atomic mass is 16.5. The monoisotopic (exact) mass is 243 g/mol. The summed E-state index contributed by atoms with van der Waals surface area (Å²) in [6.45, 7) is 1.84. The average molecular weight is 243 g/mol. The number of fused-ring (bicyclic) bond motifs is 3. The Morgan fingerprint density at radius 2 is 1.56 bits per heavy atom.